The number of fused-ring (bicyclic) bond motifs is 1. The minimum atomic E-state index is -0.426. The first-order valence-electron chi connectivity index (χ1n) is 8.22. The summed E-state index contributed by atoms with van der Waals surface area (Å²) >= 11 is 1.43. The van der Waals surface area contributed by atoms with Crippen molar-refractivity contribution < 1.29 is 9.53 Å². The smallest absolute Gasteiger partial charge is 0.326 e. The van der Waals surface area contributed by atoms with Gasteiger partial charge in [0.1, 0.15) is 11.4 Å². The molecular weight excluding hydrogens is 336 g/mol. The number of hydrogen-bond acceptors (Lipinski definition) is 5. The highest BCUT2D eigenvalue weighted by Gasteiger charge is 2.16. The van der Waals surface area contributed by atoms with Gasteiger partial charge in [0.05, 0.1) is 17.8 Å². The molecule has 0 radical (unpaired) electrons. The number of aryl methyl sites for hydroxylation is 1. The summed E-state index contributed by atoms with van der Waals surface area (Å²) < 4.78 is 6.57. The summed E-state index contributed by atoms with van der Waals surface area (Å²) in [6.07, 6.45) is 1.99. The highest BCUT2D eigenvalue weighted by Crippen LogP contribution is 2.30. The molecule has 0 unspecified atom stereocenters. The fourth-order valence-electron chi connectivity index (χ4n) is 2.51. The second kappa shape index (κ2) is 7.19. The standard InChI is InChI=1S/C19H20N2O3S/c1-4-13(3)24-16(22)9-21-11-20-18-17(19(21)23)15(10-25-18)14-7-5-12(2)6-8-14/h5-8,10-11,13H,4,9H2,1-3H3/t13-/m1/s1. The molecule has 0 saturated heterocycles. The number of carbonyl (C=O) groups excluding carboxylic acids is 1. The molecule has 0 amide bonds. The van der Waals surface area contributed by atoms with Crippen LogP contribution in [0.15, 0.2) is 40.8 Å². The zero-order valence-corrected chi connectivity index (χ0v) is 15.3. The Morgan fingerprint density at radius 2 is 2.04 bits per heavy atom. The second-order valence-corrected chi connectivity index (χ2v) is 6.94. The summed E-state index contributed by atoms with van der Waals surface area (Å²) in [5, 5.41) is 2.48. The van der Waals surface area contributed by atoms with Gasteiger partial charge in [0.2, 0.25) is 0 Å². The molecule has 0 fully saturated rings. The van der Waals surface area contributed by atoms with Gasteiger partial charge in [-0.2, -0.15) is 0 Å². The number of esters is 1. The molecule has 2 heterocycles. The monoisotopic (exact) mass is 356 g/mol. The number of aromatic nitrogens is 2. The molecule has 0 saturated carbocycles. The van der Waals surface area contributed by atoms with Gasteiger partial charge in [0, 0.05) is 10.9 Å². The molecule has 0 bridgehead atoms. The Kier molecular flexibility index (Phi) is 4.99. The Morgan fingerprint density at radius 3 is 2.72 bits per heavy atom. The minimum Gasteiger partial charge on any atom is -0.461 e. The molecule has 5 nitrogen and oxygen atoms in total. The van der Waals surface area contributed by atoms with Gasteiger partial charge in [-0.15, -0.1) is 11.3 Å². The topological polar surface area (TPSA) is 61.2 Å². The number of benzene rings is 1. The Morgan fingerprint density at radius 1 is 1.32 bits per heavy atom. The van der Waals surface area contributed by atoms with E-state index in [-0.39, 0.29) is 18.2 Å². The molecule has 6 heteroatoms. The Balaban J connectivity index is 1.99. The third-order valence-corrected chi connectivity index (χ3v) is 5.02. The van der Waals surface area contributed by atoms with E-state index >= 15 is 0 Å². The lowest BCUT2D eigenvalue weighted by Crippen LogP contribution is -2.27. The van der Waals surface area contributed by atoms with E-state index in [9.17, 15) is 9.59 Å². The van der Waals surface area contributed by atoms with E-state index in [1.54, 1.807) is 0 Å². The zero-order valence-electron chi connectivity index (χ0n) is 14.5. The molecule has 0 aliphatic heterocycles. The number of rotatable bonds is 5. The maximum Gasteiger partial charge on any atom is 0.326 e. The quantitative estimate of drug-likeness (QED) is 0.653. The van der Waals surface area contributed by atoms with Crippen molar-refractivity contribution in [1.29, 1.82) is 0 Å². The molecule has 3 rings (SSSR count). The third kappa shape index (κ3) is 3.64. The van der Waals surface area contributed by atoms with Crippen LogP contribution in [0.4, 0.5) is 0 Å². The highest BCUT2D eigenvalue weighted by atomic mass is 32.1. The van der Waals surface area contributed by atoms with E-state index in [0.29, 0.717) is 10.2 Å². The second-order valence-electron chi connectivity index (χ2n) is 6.08. The molecule has 3 aromatic rings. The van der Waals surface area contributed by atoms with Crippen LogP contribution in [0.2, 0.25) is 0 Å². The van der Waals surface area contributed by atoms with E-state index in [2.05, 4.69) is 4.98 Å². The van der Waals surface area contributed by atoms with Crippen molar-refractivity contribution in [3.05, 3.63) is 51.9 Å². The van der Waals surface area contributed by atoms with Gasteiger partial charge < -0.3 is 4.74 Å². The van der Waals surface area contributed by atoms with Crippen molar-refractivity contribution in [3.8, 4) is 11.1 Å². The van der Waals surface area contributed by atoms with E-state index in [4.69, 9.17) is 4.74 Å². The number of ether oxygens (including phenoxy) is 1. The lowest BCUT2D eigenvalue weighted by molar-refractivity contribution is -0.149. The highest BCUT2D eigenvalue weighted by molar-refractivity contribution is 7.17. The molecule has 0 N–H and O–H groups in total. The summed E-state index contributed by atoms with van der Waals surface area (Å²) in [5.74, 6) is -0.426. The minimum absolute atomic E-state index is 0.130. The first kappa shape index (κ1) is 17.4. The van der Waals surface area contributed by atoms with Gasteiger partial charge in [-0.25, -0.2) is 4.98 Å². The number of thiophene rings is 1. The normalized spacial score (nSPS) is 12.3. The Hall–Kier alpha value is -2.47. The molecule has 130 valence electrons. The Labute approximate surface area is 149 Å². The van der Waals surface area contributed by atoms with Crippen LogP contribution in [-0.2, 0) is 16.1 Å². The zero-order chi connectivity index (χ0) is 18.0. The van der Waals surface area contributed by atoms with Crippen LogP contribution >= 0.6 is 11.3 Å². The number of carbonyl (C=O) groups is 1. The molecule has 1 aromatic carbocycles. The van der Waals surface area contributed by atoms with Gasteiger partial charge in [-0.1, -0.05) is 36.8 Å². The van der Waals surface area contributed by atoms with Crippen LogP contribution in [0.3, 0.4) is 0 Å². The van der Waals surface area contributed by atoms with Crippen LogP contribution in [-0.4, -0.2) is 21.6 Å². The van der Waals surface area contributed by atoms with Gasteiger partial charge in [-0.3, -0.25) is 14.2 Å². The lowest BCUT2D eigenvalue weighted by Gasteiger charge is -2.11. The van der Waals surface area contributed by atoms with Gasteiger partial charge in [-0.05, 0) is 25.8 Å². The lowest BCUT2D eigenvalue weighted by atomic mass is 10.1. The van der Waals surface area contributed by atoms with Crippen molar-refractivity contribution in [2.24, 2.45) is 0 Å². The van der Waals surface area contributed by atoms with Crippen LogP contribution < -0.4 is 5.56 Å². The van der Waals surface area contributed by atoms with Crippen molar-refractivity contribution in [2.45, 2.75) is 39.8 Å². The average molecular weight is 356 g/mol. The van der Waals surface area contributed by atoms with E-state index < -0.39 is 5.97 Å². The fraction of sp³-hybridized carbons (Fsp3) is 0.316. The van der Waals surface area contributed by atoms with Gasteiger partial charge >= 0.3 is 5.97 Å². The molecule has 25 heavy (non-hydrogen) atoms. The van der Waals surface area contributed by atoms with Gasteiger partial charge in [0.25, 0.3) is 5.56 Å². The fourth-order valence-corrected chi connectivity index (χ4v) is 3.42. The maximum atomic E-state index is 12.9. The van der Waals surface area contributed by atoms with Crippen LogP contribution in [0, 0.1) is 6.92 Å². The first-order valence-corrected chi connectivity index (χ1v) is 9.10. The van der Waals surface area contributed by atoms with Crippen molar-refractivity contribution in [2.75, 3.05) is 0 Å². The molecular formula is C19H20N2O3S. The summed E-state index contributed by atoms with van der Waals surface area (Å²) in [7, 11) is 0. The maximum absolute atomic E-state index is 12.9. The van der Waals surface area contributed by atoms with E-state index in [0.717, 1.165) is 23.1 Å². The largest absolute Gasteiger partial charge is 0.461 e. The SMILES string of the molecule is CC[C@@H](C)OC(=O)Cn1cnc2scc(-c3ccc(C)cc3)c2c1=O. The van der Waals surface area contributed by atoms with Gasteiger partial charge in [0.15, 0.2) is 0 Å². The summed E-state index contributed by atoms with van der Waals surface area (Å²) in [4.78, 5) is 29.9. The van der Waals surface area contributed by atoms with Crippen LogP contribution in [0.25, 0.3) is 21.3 Å². The predicted molar refractivity (Wildman–Crippen MR) is 99.9 cm³/mol. The summed E-state index contributed by atoms with van der Waals surface area (Å²) in [6, 6.07) is 8.00. The molecule has 0 spiro atoms. The third-order valence-electron chi connectivity index (χ3n) is 4.13. The van der Waals surface area contributed by atoms with Crippen LogP contribution in [0.5, 0.6) is 0 Å². The summed E-state index contributed by atoms with van der Waals surface area (Å²) in [5.41, 5.74) is 2.76. The van der Waals surface area contributed by atoms with Crippen LogP contribution in [0.1, 0.15) is 25.8 Å². The van der Waals surface area contributed by atoms with Crippen molar-refractivity contribution >= 4 is 27.5 Å². The Bertz CT molecular complexity index is 957. The van der Waals surface area contributed by atoms with E-state index in [1.807, 2.05) is 50.4 Å². The molecule has 1 atom stereocenters. The average Bonchev–Trinajstić information content (AvgIpc) is 3.02. The number of hydrogen-bond donors (Lipinski definition) is 0. The molecule has 0 aliphatic carbocycles. The van der Waals surface area contributed by atoms with Crippen molar-refractivity contribution in [1.82, 2.24) is 9.55 Å². The van der Waals surface area contributed by atoms with Crippen molar-refractivity contribution in [3.63, 3.8) is 0 Å². The molecule has 0 aliphatic rings. The first-order chi connectivity index (χ1) is 12.0. The predicted octanol–water partition coefficient (Wildman–Crippen LogP) is 3.78. The summed E-state index contributed by atoms with van der Waals surface area (Å²) in [6.45, 7) is 5.66. The molecule has 2 aromatic heterocycles. The number of nitrogens with zero attached hydrogens (tertiary/aromatic N) is 2. The van der Waals surface area contributed by atoms with E-state index in [1.165, 1.54) is 22.2 Å².